The van der Waals surface area contributed by atoms with Crippen molar-refractivity contribution in [2.45, 2.75) is 11.9 Å². The Balaban J connectivity index is 3.02. The van der Waals surface area contributed by atoms with Crippen molar-refractivity contribution in [2.24, 2.45) is 0 Å². The summed E-state index contributed by atoms with van der Waals surface area (Å²) in [5.74, 6) is -0.114. The van der Waals surface area contributed by atoms with Gasteiger partial charge in [0.25, 0.3) is 0 Å². The summed E-state index contributed by atoms with van der Waals surface area (Å²) in [7, 11) is 0. The fourth-order valence-electron chi connectivity index (χ4n) is 0.858. The normalized spacial score (nSPS) is 10.7. The van der Waals surface area contributed by atoms with Crippen LogP contribution in [0.15, 0.2) is 12.1 Å². The zero-order valence-electron chi connectivity index (χ0n) is 6.74. The lowest BCUT2D eigenvalue weighted by molar-refractivity contribution is -0.0497. The molecule has 6 heteroatoms. The van der Waals surface area contributed by atoms with E-state index in [-0.39, 0.29) is 10.8 Å². The highest BCUT2D eigenvalue weighted by Gasteiger charge is 2.11. The van der Waals surface area contributed by atoms with Gasteiger partial charge in [0.1, 0.15) is 5.75 Å². The molecule has 0 heterocycles. The fourth-order valence-corrected chi connectivity index (χ4v) is 1.94. The molecule has 1 nitrogen and oxygen atoms in total. The summed E-state index contributed by atoms with van der Waals surface area (Å²) < 4.78 is 27.9. The summed E-state index contributed by atoms with van der Waals surface area (Å²) in [5, 5.41) is 0.951. The molecule has 0 aliphatic rings. The van der Waals surface area contributed by atoms with Crippen LogP contribution in [0.2, 0.25) is 10.0 Å². The van der Waals surface area contributed by atoms with E-state index in [0.717, 1.165) is 5.56 Å². The van der Waals surface area contributed by atoms with Gasteiger partial charge in [-0.1, -0.05) is 39.1 Å². The second-order valence-electron chi connectivity index (χ2n) is 2.39. The van der Waals surface area contributed by atoms with Crippen LogP contribution in [-0.4, -0.2) is 6.61 Å². The van der Waals surface area contributed by atoms with Crippen molar-refractivity contribution in [1.82, 2.24) is 0 Å². The van der Waals surface area contributed by atoms with Crippen molar-refractivity contribution in [1.29, 1.82) is 0 Å². The van der Waals surface area contributed by atoms with Crippen molar-refractivity contribution in [2.75, 3.05) is 0 Å². The standard InChI is InChI=1S/C8H5BrCl2F2O/c9-3-4-1-6(11)7(2-5(4)10)14-8(12)13/h1-2,8H,3H2. The lowest BCUT2D eigenvalue weighted by Crippen LogP contribution is -2.02. The van der Waals surface area contributed by atoms with Crippen LogP contribution in [-0.2, 0) is 5.33 Å². The molecular weight excluding hydrogens is 301 g/mol. The van der Waals surface area contributed by atoms with Gasteiger partial charge in [0.05, 0.1) is 5.02 Å². The highest BCUT2D eigenvalue weighted by Crippen LogP contribution is 2.32. The minimum Gasteiger partial charge on any atom is -0.433 e. The van der Waals surface area contributed by atoms with Gasteiger partial charge in [-0.15, -0.1) is 0 Å². The molecule has 0 fully saturated rings. The van der Waals surface area contributed by atoms with Crippen molar-refractivity contribution in [3.8, 4) is 5.75 Å². The summed E-state index contributed by atoms with van der Waals surface area (Å²) in [4.78, 5) is 0. The molecule has 0 unspecified atom stereocenters. The van der Waals surface area contributed by atoms with Crippen LogP contribution in [0.3, 0.4) is 0 Å². The van der Waals surface area contributed by atoms with E-state index in [0.29, 0.717) is 10.4 Å². The van der Waals surface area contributed by atoms with E-state index >= 15 is 0 Å². The molecular formula is C8H5BrCl2F2O. The Morgan fingerprint density at radius 2 is 1.93 bits per heavy atom. The quantitative estimate of drug-likeness (QED) is 0.748. The van der Waals surface area contributed by atoms with Crippen LogP contribution in [0.5, 0.6) is 5.75 Å². The Morgan fingerprint density at radius 3 is 2.43 bits per heavy atom. The number of alkyl halides is 3. The molecule has 0 radical (unpaired) electrons. The summed E-state index contributed by atoms with van der Waals surface area (Å²) >= 11 is 14.6. The Bertz CT molecular complexity index is 333. The first kappa shape index (κ1) is 12.0. The van der Waals surface area contributed by atoms with Crippen LogP contribution in [0, 0.1) is 0 Å². The molecule has 0 aromatic heterocycles. The van der Waals surface area contributed by atoms with Crippen molar-refractivity contribution in [3.63, 3.8) is 0 Å². The van der Waals surface area contributed by atoms with Gasteiger partial charge in [0, 0.05) is 16.4 Å². The SMILES string of the molecule is FC(F)Oc1cc(Cl)c(CBr)cc1Cl. The van der Waals surface area contributed by atoms with Gasteiger partial charge in [0.2, 0.25) is 0 Å². The highest BCUT2D eigenvalue weighted by molar-refractivity contribution is 9.08. The molecule has 0 saturated carbocycles. The van der Waals surface area contributed by atoms with Crippen molar-refractivity contribution in [3.05, 3.63) is 27.7 Å². The molecule has 0 amide bonds. The molecule has 14 heavy (non-hydrogen) atoms. The zero-order valence-corrected chi connectivity index (χ0v) is 9.84. The molecule has 0 bridgehead atoms. The first-order chi connectivity index (χ1) is 6.54. The van der Waals surface area contributed by atoms with E-state index in [1.165, 1.54) is 12.1 Å². The van der Waals surface area contributed by atoms with Crippen LogP contribution >= 0.6 is 39.1 Å². The van der Waals surface area contributed by atoms with E-state index in [1.807, 2.05) is 0 Å². The van der Waals surface area contributed by atoms with Gasteiger partial charge in [0.15, 0.2) is 0 Å². The third-order valence-electron chi connectivity index (χ3n) is 1.46. The number of halogens is 5. The maximum atomic E-state index is 11.9. The van der Waals surface area contributed by atoms with Gasteiger partial charge >= 0.3 is 6.61 Å². The second kappa shape index (κ2) is 5.14. The Labute approximate surface area is 98.1 Å². The maximum absolute atomic E-state index is 11.9. The van der Waals surface area contributed by atoms with Gasteiger partial charge in [-0.2, -0.15) is 8.78 Å². The van der Waals surface area contributed by atoms with Gasteiger partial charge in [-0.05, 0) is 11.6 Å². The fraction of sp³-hybridized carbons (Fsp3) is 0.250. The van der Waals surface area contributed by atoms with Crippen LogP contribution in [0.1, 0.15) is 5.56 Å². The molecule has 1 aromatic rings. The Hall–Kier alpha value is -0.0600. The zero-order chi connectivity index (χ0) is 10.7. The second-order valence-corrected chi connectivity index (χ2v) is 3.76. The first-order valence-corrected chi connectivity index (χ1v) is 5.41. The molecule has 78 valence electrons. The maximum Gasteiger partial charge on any atom is 0.387 e. The van der Waals surface area contributed by atoms with E-state index in [2.05, 4.69) is 20.7 Å². The van der Waals surface area contributed by atoms with Crippen LogP contribution in [0.25, 0.3) is 0 Å². The smallest absolute Gasteiger partial charge is 0.387 e. The lowest BCUT2D eigenvalue weighted by Gasteiger charge is -2.08. The summed E-state index contributed by atoms with van der Waals surface area (Å²) in [6.07, 6.45) is 0. The molecule has 0 saturated heterocycles. The number of benzene rings is 1. The Morgan fingerprint density at radius 1 is 1.29 bits per heavy atom. The largest absolute Gasteiger partial charge is 0.433 e. The van der Waals surface area contributed by atoms with Crippen molar-refractivity contribution < 1.29 is 13.5 Å². The van der Waals surface area contributed by atoms with Crippen LogP contribution < -0.4 is 4.74 Å². The van der Waals surface area contributed by atoms with E-state index in [9.17, 15) is 8.78 Å². The predicted molar refractivity (Wildman–Crippen MR) is 55.7 cm³/mol. The van der Waals surface area contributed by atoms with Gasteiger partial charge in [-0.3, -0.25) is 0 Å². The molecule has 0 aliphatic heterocycles. The highest BCUT2D eigenvalue weighted by atomic mass is 79.9. The van der Waals surface area contributed by atoms with E-state index in [4.69, 9.17) is 23.2 Å². The predicted octanol–water partition coefficient (Wildman–Crippen LogP) is 4.49. The topological polar surface area (TPSA) is 9.23 Å². The minimum absolute atomic E-state index is 0.114. The molecule has 0 N–H and O–H groups in total. The van der Waals surface area contributed by atoms with Crippen molar-refractivity contribution >= 4 is 39.1 Å². The number of hydrogen-bond donors (Lipinski definition) is 0. The minimum atomic E-state index is -2.90. The summed E-state index contributed by atoms with van der Waals surface area (Å²) in [6, 6.07) is 2.75. The number of ether oxygens (including phenoxy) is 1. The summed E-state index contributed by atoms with van der Waals surface area (Å²) in [5.41, 5.74) is 0.721. The average Bonchev–Trinajstić information content (AvgIpc) is 2.10. The number of rotatable bonds is 3. The molecule has 0 atom stereocenters. The number of hydrogen-bond acceptors (Lipinski definition) is 1. The van der Waals surface area contributed by atoms with Crippen LogP contribution in [0.4, 0.5) is 8.78 Å². The van der Waals surface area contributed by atoms with Gasteiger partial charge in [-0.25, -0.2) is 0 Å². The third kappa shape index (κ3) is 2.97. The summed E-state index contributed by atoms with van der Waals surface area (Å²) in [6.45, 7) is -2.90. The van der Waals surface area contributed by atoms with E-state index < -0.39 is 6.61 Å². The third-order valence-corrected chi connectivity index (χ3v) is 2.71. The monoisotopic (exact) mass is 304 g/mol. The first-order valence-electron chi connectivity index (χ1n) is 3.53. The van der Waals surface area contributed by atoms with Gasteiger partial charge < -0.3 is 4.74 Å². The molecule has 1 rings (SSSR count). The molecule has 0 spiro atoms. The Kier molecular flexibility index (Phi) is 4.41. The molecule has 0 aliphatic carbocycles. The van der Waals surface area contributed by atoms with E-state index in [1.54, 1.807) is 0 Å². The lowest BCUT2D eigenvalue weighted by atomic mass is 10.2. The average molecular weight is 306 g/mol. The molecule has 1 aromatic carbocycles.